The summed E-state index contributed by atoms with van der Waals surface area (Å²) in [5.41, 5.74) is 0.523. The maximum absolute atomic E-state index is 12.1. The van der Waals surface area contributed by atoms with E-state index in [2.05, 4.69) is 31.9 Å². The molecule has 6 heteroatoms. The second kappa shape index (κ2) is 5.06. The van der Waals surface area contributed by atoms with Gasteiger partial charge in [0.05, 0.1) is 17.8 Å². The monoisotopic (exact) mass is 363 g/mol. The highest BCUT2D eigenvalue weighted by atomic mass is 79.9. The van der Waals surface area contributed by atoms with Crippen LogP contribution in [0.1, 0.15) is 10.4 Å². The molecule has 0 spiro atoms. The van der Waals surface area contributed by atoms with Crippen molar-refractivity contribution in [2.75, 3.05) is 13.1 Å². The molecule has 0 unspecified atom stereocenters. The number of aliphatic hydroxyl groups is 2. The van der Waals surface area contributed by atoms with E-state index in [4.69, 9.17) is 0 Å². The van der Waals surface area contributed by atoms with Gasteiger partial charge in [-0.05, 0) is 34.1 Å². The minimum Gasteiger partial charge on any atom is -0.388 e. The van der Waals surface area contributed by atoms with Crippen molar-refractivity contribution in [2.45, 2.75) is 12.2 Å². The summed E-state index contributed by atoms with van der Waals surface area (Å²) < 4.78 is 1.56. The van der Waals surface area contributed by atoms with Crippen molar-refractivity contribution in [3.63, 3.8) is 0 Å². The number of nitrogens with zero attached hydrogens (tertiary/aromatic N) is 1. The molecule has 2 N–H and O–H groups in total. The van der Waals surface area contributed by atoms with Crippen molar-refractivity contribution in [1.82, 2.24) is 4.90 Å². The van der Waals surface area contributed by atoms with Crippen LogP contribution in [-0.2, 0) is 0 Å². The fraction of sp³-hybridized carbons (Fsp3) is 0.364. The molecule has 0 saturated carbocycles. The van der Waals surface area contributed by atoms with Crippen LogP contribution >= 0.6 is 31.9 Å². The van der Waals surface area contributed by atoms with Gasteiger partial charge in [-0.25, -0.2) is 0 Å². The van der Waals surface area contributed by atoms with E-state index < -0.39 is 12.2 Å². The van der Waals surface area contributed by atoms with Gasteiger partial charge in [0.25, 0.3) is 5.91 Å². The molecule has 2 atom stereocenters. The van der Waals surface area contributed by atoms with Gasteiger partial charge in [0.1, 0.15) is 0 Å². The lowest BCUT2D eigenvalue weighted by molar-refractivity contribution is 0.0572. The lowest BCUT2D eigenvalue weighted by atomic mass is 10.2. The molecule has 4 nitrogen and oxygen atoms in total. The van der Waals surface area contributed by atoms with Crippen LogP contribution < -0.4 is 0 Å². The van der Waals surface area contributed by atoms with E-state index in [0.717, 1.165) is 4.47 Å². The Labute approximate surface area is 115 Å². The first kappa shape index (κ1) is 13.0. The Morgan fingerprint density at radius 1 is 1.24 bits per heavy atom. The van der Waals surface area contributed by atoms with Crippen molar-refractivity contribution in [3.05, 3.63) is 32.7 Å². The van der Waals surface area contributed by atoms with Gasteiger partial charge in [-0.2, -0.15) is 0 Å². The Balaban J connectivity index is 2.20. The second-order valence-electron chi connectivity index (χ2n) is 3.97. The molecule has 92 valence electrons. The molecule has 1 heterocycles. The first-order valence-corrected chi connectivity index (χ1v) is 6.68. The minimum absolute atomic E-state index is 0.169. The first-order chi connectivity index (χ1) is 7.99. The standard InChI is InChI=1S/C11H11Br2NO3/c12-6-1-2-7(8(13)3-6)11(17)14-4-9(15)10(16)5-14/h1-3,9-10,15-16H,4-5H2/t9-,10+. The third-order valence-corrected chi connectivity index (χ3v) is 3.86. The highest BCUT2D eigenvalue weighted by Crippen LogP contribution is 2.24. The van der Waals surface area contributed by atoms with Gasteiger partial charge < -0.3 is 15.1 Å². The normalized spacial score (nSPS) is 24.1. The Kier molecular flexibility index (Phi) is 3.87. The largest absolute Gasteiger partial charge is 0.388 e. The van der Waals surface area contributed by atoms with Crippen molar-refractivity contribution >= 4 is 37.8 Å². The molecule has 1 aliphatic rings. The van der Waals surface area contributed by atoms with Crippen LogP contribution in [0.2, 0.25) is 0 Å². The summed E-state index contributed by atoms with van der Waals surface area (Å²) in [4.78, 5) is 13.6. The molecule has 1 aliphatic heterocycles. The summed E-state index contributed by atoms with van der Waals surface area (Å²) in [6.07, 6.45) is -1.71. The minimum atomic E-state index is -0.854. The molecule has 0 aliphatic carbocycles. The average molecular weight is 365 g/mol. The van der Waals surface area contributed by atoms with Gasteiger partial charge in [0.2, 0.25) is 0 Å². The van der Waals surface area contributed by atoms with Crippen molar-refractivity contribution < 1.29 is 15.0 Å². The number of amides is 1. The lowest BCUT2D eigenvalue weighted by Gasteiger charge is -2.16. The molecule has 0 bridgehead atoms. The zero-order valence-corrected chi connectivity index (χ0v) is 12.0. The number of hydrogen-bond acceptors (Lipinski definition) is 3. The highest BCUT2D eigenvalue weighted by molar-refractivity contribution is 9.11. The lowest BCUT2D eigenvalue weighted by Crippen LogP contribution is -2.30. The van der Waals surface area contributed by atoms with E-state index in [9.17, 15) is 15.0 Å². The fourth-order valence-corrected chi connectivity index (χ4v) is 2.99. The van der Waals surface area contributed by atoms with Crippen LogP contribution in [0.5, 0.6) is 0 Å². The number of rotatable bonds is 1. The maximum atomic E-state index is 12.1. The number of hydrogen-bond donors (Lipinski definition) is 2. The number of halogens is 2. The predicted molar refractivity (Wildman–Crippen MR) is 69.8 cm³/mol. The van der Waals surface area contributed by atoms with Gasteiger partial charge in [-0.3, -0.25) is 4.79 Å². The molecule has 0 aromatic heterocycles. The number of benzene rings is 1. The fourth-order valence-electron chi connectivity index (χ4n) is 1.77. The van der Waals surface area contributed by atoms with E-state index in [1.54, 1.807) is 18.2 Å². The molecule has 1 aromatic carbocycles. The van der Waals surface area contributed by atoms with E-state index in [-0.39, 0.29) is 19.0 Å². The number of carbonyl (C=O) groups is 1. The molecule has 2 rings (SSSR count). The summed E-state index contributed by atoms with van der Waals surface area (Å²) in [6.45, 7) is 0.338. The quantitative estimate of drug-likeness (QED) is 0.791. The highest BCUT2D eigenvalue weighted by Gasteiger charge is 2.33. The van der Waals surface area contributed by atoms with E-state index in [1.807, 2.05) is 0 Å². The van der Waals surface area contributed by atoms with Gasteiger partial charge >= 0.3 is 0 Å². The van der Waals surface area contributed by atoms with Gasteiger partial charge in [-0.15, -0.1) is 0 Å². The number of β-amino-alcohol motifs (C(OH)–C–C–N with tert-alkyl or cyclic N) is 2. The summed E-state index contributed by atoms with van der Waals surface area (Å²) in [5.74, 6) is -0.194. The molecule has 17 heavy (non-hydrogen) atoms. The Morgan fingerprint density at radius 2 is 1.82 bits per heavy atom. The zero-order valence-electron chi connectivity index (χ0n) is 8.81. The number of carbonyl (C=O) groups excluding carboxylic acids is 1. The van der Waals surface area contributed by atoms with Crippen molar-refractivity contribution in [3.8, 4) is 0 Å². The van der Waals surface area contributed by atoms with Crippen molar-refractivity contribution in [1.29, 1.82) is 0 Å². The Bertz CT molecular complexity index is 442. The number of likely N-dealkylation sites (tertiary alicyclic amines) is 1. The molecule has 1 saturated heterocycles. The second-order valence-corrected chi connectivity index (χ2v) is 5.74. The maximum Gasteiger partial charge on any atom is 0.255 e. The molecular weight excluding hydrogens is 354 g/mol. The topological polar surface area (TPSA) is 60.8 Å². The summed E-state index contributed by atoms with van der Waals surface area (Å²) >= 11 is 6.64. The van der Waals surface area contributed by atoms with E-state index in [1.165, 1.54) is 4.90 Å². The smallest absolute Gasteiger partial charge is 0.255 e. The van der Waals surface area contributed by atoms with Gasteiger partial charge in [0.15, 0.2) is 0 Å². The summed E-state index contributed by atoms with van der Waals surface area (Å²) in [6, 6.07) is 5.27. The van der Waals surface area contributed by atoms with Crippen LogP contribution in [0.25, 0.3) is 0 Å². The average Bonchev–Trinajstić information content (AvgIpc) is 2.58. The zero-order chi connectivity index (χ0) is 12.6. The van der Waals surface area contributed by atoms with Gasteiger partial charge in [0, 0.05) is 22.0 Å². The van der Waals surface area contributed by atoms with Crippen LogP contribution in [0, 0.1) is 0 Å². The predicted octanol–water partition coefficient (Wildman–Crippen LogP) is 1.39. The SMILES string of the molecule is O=C(c1ccc(Br)cc1Br)N1C[C@@H](O)[C@@H](O)C1. The Hall–Kier alpha value is -0.430. The van der Waals surface area contributed by atoms with Gasteiger partial charge in [-0.1, -0.05) is 15.9 Å². The molecular formula is C11H11Br2NO3. The molecule has 1 aromatic rings. The molecule has 1 amide bonds. The molecule has 0 radical (unpaired) electrons. The van der Waals surface area contributed by atoms with E-state index in [0.29, 0.717) is 10.0 Å². The van der Waals surface area contributed by atoms with E-state index >= 15 is 0 Å². The molecule has 1 fully saturated rings. The third-order valence-electron chi connectivity index (χ3n) is 2.71. The van der Waals surface area contributed by atoms with Crippen LogP contribution in [0.3, 0.4) is 0 Å². The third kappa shape index (κ3) is 2.70. The Morgan fingerprint density at radius 3 is 2.35 bits per heavy atom. The van der Waals surface area contributed by atoms with Crippen LogP contribution in [0.4, 0.5) is 0 Å². The van der Waals surface area contributed by atoms with Crippen LogP contribution in [-0.4, -0.2) is 46.3 Å². The first-order valence-electron chi connectivity index (χ1n) is 5.09. The summed E-state index contributed by atoms with van der Waals surface area (Å²) in [5, 5.41) is 18.8. The number of aliphatic hydroxyl groups excluding tert-OH is 2. The van der Waals surface area contributed by atoms with Crippen LogP contribution in [0.15, 0.2) is 27.1 Å². The summed E-state index contributed by atoms with van der Waals surface area (Å²) in [7, 11) is 0. The van der Waals surface area contributed by atoms with Crippen molar-refractivity contribution in [2.24, 2.45) is 0 Å².